The van der Waals surface area contributed by atoms with Gasteiger partial charge >= 0.3 is 0 Å². The lowest BCUT2D eigenvalue weighted by Crippen LogP contribution is -2.53. The van der Waals surface area contributed by atoms with Crippen LogP contribution in [0.25, 0.3) is 0 Å². The zero-order chi connectivity index (χ0) is 9.73. The van der Waals surface area contributed by atoms with Gasteiger partial charge in [-0.05, 0) is 31.7 Å². The summed E-state index contributed by atoms with van der Waals surface area (Å²) in [6.45, 7) is 7.75. The molecule has 1 aliphatic heterocycles. The molecular formula is C10H22N2S. The molecule has 0 aliphatic carbocycles. The molecule has 0 aromatic heterocycles. The van der Waals surface area contributed by atoms with Gasteiger partial charge in [-0.25, -0.2) is 0 Å². The van der Waals surface area contributed by atoms with Gasteiger partial charge < -0.3 is 10.6 Å². The number of rotatable bonds is 4. The molecule has 2 N–H and O–H groups in total. The second-order valence-electron chi connectivity index (χ2n) is 3.98. The van der Waals surface area contributed by atoms with E-state index in [9.17, 15) is 0 Å². The molecule has 1 aliphatic rings. The van der Waals surface area contributed by atoms with Crippen LogP contribution >= 0.6 is 11.8 Å². The number of likely N-dealkylation sites (N-methyl/N-ethyl adjacent to an activating group) is 1. The van der Waals surface area contributed by atoms with E-state index < -0.39 is 0 Å². The lowest BCUT2D eigenvalue weighted by molar-refractivity contribution is 0.228. The average Bonchev–Trinajstić information content (AvgIpc) is 2.15. The molecule has 13 heavy (non-hydrogen) atoms. The average molecular weight is 202 g/mol. The molecule has 0 radical (unpaired) electrons. The first kappa shape index (κ1) is 11.3. The first-order chi connectivity index (χ1) is 6.20. The number of nitrogens with zero attached hydrogens (tertiary/aromatic N) is 1. The Morgan fingerprint density at radius 1 is 1.38 bits per heavy atom. The lowest BCUT2D eigenvalue weighted by Gasteiger charge is -2.37. The van der Waals surface area contributed by atoms with E-state index in [1.54, 1.807) is 0 Å². The Morgan fingerprint density at radius 2 is 2.08 bits per heavy atom. The maximum absolute atomic E-state index is 6.35. The summed E-state index contributed by atoms with van der Waals surface area (Å²) in [7, 11) is 0. The lowest BCUT2D eigenvalue weighted by atomic mass is 9.96. The molecule has 0 aromatic rings. The Balaban J connectivity index is 2.39. The predicted molar refractivity (Wildman–Crippen MR) is 61.3 cm³/mol. The van der Waals surface area contributed by atoms with E-state index in [2.05, 4.69) is 18.7 Å². The van der Waals surface area contributed by atoms with Crippen molar-refractivity contribution in [1.29, 1.82) is 0 Å². The van der Waals surface area contributed by atoms with Crippen molar-refractivity contribution in [2.75, 3.05) is 31.1 Å². The molecule has 1 atom stereocenters. The van der Waals surface area contributed by atoms with Crippen LogP contribution in [-0.2, 0) is 0 Å². The van der Waals surface area contributed by atoms with Crippen molar-refractivity contribution >= 4 is 11.8 Å². The Bertz CT molecular complexity index is 140. The van der Waals surface area contributed by atoms with Crippen LogP contribution in [0.5, 0.6) is 0 Å². The minimum atomic E-state index is 0.0922. The van der Waals surface area contributed by atoms with Crippen molar-refractivity contribution in [3.05, 3.63) is 0 Å². The molecule has 0 aromatic carbocycles. The maximum atomic E-state index is 6.35. The second kappa shape index (κ2) is 5.23. The van der Waals surface area contributed by atoms with E-state index in [0.29, 0.717) is 0 Å². The van der Waals surface area contributed by atoms with Gasteiger partial charge in [0.1, 0.15) is 0 Å². The van der Waals surface area contributed by atoms with Crippen LogP contribution in [0, 0.1) is 0 Å². The molecule has 1 fully saturated rings. The molecule has 1 saturated heterocycles. The summed E-state index contributed by atoms with van der Waals surface area (Å²) >= 11 is 2.01. The highest BCUT2D eigenvalue weighted by molar-refractivity contribution is 7.99. The fraction of sp³-hybridized carbons (Fsp3) is 1.00. The topological polar surface area (TPSA) is 29.3 Å². The predicted octanol–water partition coefficient (Wildman–Crippen LogP) is 1.55. The Morgan fingerprint density at radius 3 is 2.54 bits per heavy atom. The van der Waals surface area contributed by atoms with Gasteiger partial charge in [-0.3, -0.25) is 0 Å². The first-order valence-corrected chi connectivity index (χ1v) is 6.44. The minimum Gasteiger partial charge on any atom is -0.323 e. The maximum Gasteiger partial charge on any atom is 0.0375 e. The van der Waals surface area contributed by atoms with Crippen LogP contribution in [0.15, 0.2) is 0 Å². The SMILES string of the molecule is CCN(CC)CC1(N)CCCSC1. The fourth-order valence-electron chi connectivity index (χ4n) is 1.89. The van der Waals surface area contributed by atoms with Crippen molar-refractivity contribution < 1.29 is 0 Å². The van der Waals surface area contributed by atoms with Crippen molar-refractivity contribution in [1.82, 2.24) is 4.90 Å². The number of hydrogen-bond donors (Lipinski definition) is 1. The molecular weight excluding hydrogens is 180 g/mol. The van der Waals surface area contributed by atoms with Gasteiger partial charge in [0.25, 0.3) is 0 Å². The zero-order valence-corrected chi connectivity index (χ0v) is 9.70. The molecule has 1 heterocycles. The van der Waals surface area contributed by atoms with Crippen LogP contribution in [0.4, 0.5) is 0 Å². The molecule has 0 bridgehead atoms. The van der Waals surface area contributed by atoms with Gasteiger partial charge in [0, 0.05) is 17.8 Å². The third kappa shape index (κ3) is 3.49. The van der Waals surface area contributed by atoms with Crippen LogP contribution < -0.4 is 5.73 Å². The summed E-state index contributed by atoms with van der Waals surface area (Å²) in [4.78, 5) is 2.44. The van der Waals surface area contributed by atoms with Gasteiger partial charge in [-0.1, -0.05) is 13.8 Å². The quantitative estimate of drug-likeness (QED) is 0.750. The molecule has 0 spiro atoms. The summed E-state index contributed by atoms with van der Waals surface area (Å²) in [5, 5.41) is 0. The molecule has 3 heteroatoms. The van der Waals surface area contributed by atoms with E-state index >= 15 is 0 Å². The Kier molecular flexibility index (Phi) is 4.56. The largest absolute Gasteiger partial charge is 0.323 e. The molecule has 78 valence electrons. The number of nitrogens with two attached hydrogens (primary N) is 1. The van der Waals surface area contributed by atoms with E-state index in [4.69, 9.17) is 5.73 Å². The third-order valence-electron chi connectivity index (χ3n) is 2.79. The second-order valence-corrected chi connectivity index (χ2v) is 5.09. The van der Waals surface area contributed by atoms with Gasteiger partial charge in [-0.2, -0.15) is 11.8 Å². The Hall–Kier alpha value is 0.270. The number of thioether (sulfide) groups is 1. The highest BCUT2D eigenvalue weighted by Crippen LogP contribution is 2.25. The summed E-state index contributed by atoms with van der Waals surface area (Å²) in [5.74, 6) is 2.45. The Labute approximate surface area is 86.2 Å². The zero-order valence-electron chi connectivity index (χ0n) is 8.88. The van der Waals surface area contributed by atoms with Crippen LogP contribution in [0.2, 0.25) is 0 Å². The van der Waals surface area contributed by atoms with E-state index in [1.165, 1.54) is 18.6 Å². The standard InChI is InChI=1S/C10H22N2S/c1-3-12(4-2)8-10(11)6-5-7-13-9-10/h3-9,11H2,1-2H3. The third-order valence-corrected chi connectivity index (χ3v) is 4.14. The highest BCUT2D eigenvalue weighted by atomic mass is 32.2. The van der Waals surface area contributed by atoms with Crippen molar-refractivity contribution in [3.8, 4) is 0 Å². The van der Waals surface area contributed by atoms with E-state index in [-0.39, 0.29) is 5.54 Å². The van der Waals surface area contributed by atoms with Gasteiger partial charge in [0.2, 0.25) is 0 Å². The summed E-state index contributed by atoms with van der Waals surface area (Å²) in [5.41, 5.74) is 6.44. The molecule has 0 amide bonds. The first-order valence-electron chi connectivity index (χ1n) is 5.29. The van der Waals surface area contributed by atoms with Crippen LogP contribution in [0.1, 0.15) is 26.7 Å². The van der Waals surface area contributed by atoms with Crippen molar-refractivity contribution in [2.45, 2.75) is 32.2 Å². The van der Waals surface area contributed by atoms with Gasteiger partial charge in [0.05, 0.1) is 0 Å². The molecule has 1 rings (SSSR count). The van der Waals surface area contributed by atoms with Gasteiger partial charge in [0.15, 0.2) is 0 Å². The van der Waals surface area contributed by atoms with Crippen LogP contribution in [-0.4, -0.2) is 41.6 Å². The summed E-state index contributed by atoms with van der Waals surface area (Å²) < 4.78 is 0. The molecule has 2 nitrogen and oxygen atoms in total. The monoisotopic (exact) mass is 202 g/mol. The summed E-state index contributed by atoms with van der Waals surface area (Å²) in [6.07, 6.45) is 2.50. The van der Waals surface area contributed by atoms with Crippen LogP contribution in [0.3, 0.4) is 0 Å². The highest BCUT2D eigenvalue weighted by Gasteiger charge is 2.29. The minimum absolute atomic E-state index is 0.0922. The normalized spacial score (nSPS) is 29.5. The van der Waals surface area contributed by atoms with Crippen molar-refractivity contribution in [2.24, 2.45) is 5.73 Å². The van der Waals surface area contributed by atoms with E-state index in [1.807, 2.05) is 11.8 Å². The fourth-order valence-corrected chi connectivity index (χ4v) is 3.03. The molecule has 0 saturated carbocycles. The summed E-state index contributed by atoms with van der Waals surface area (Å²) in [6, 6.07) is 0. The molecule has 1 unspecified atom stereocenters. The van der Waals surface area contributed by atoms with E-state index in [0.717, 1.165) is 25.4 Å². The number of hydrogen-bond acceptors (Lipinski definition) is 3. The van der Waals surface area contributed by atoms with Gasteiger partial charge in [-0.15, -0.1) is 0 Å². The smallest absolute Gasteiger partial charge is 0.0375 e. The van der Waals surface area contributed by atoms with Crippen molar-refractivity contribution in [3.63, 3.8) is 0 Å².